The molecule has 0 amide bonds. The number of nitro groups is 1. The average Bonchev–Trinajstić information content (AvgIpc) is 3.07. The van der Waals surface area contributed by atoms with Crippen molar-refractivity contribution < 1.29 is 28.4 Å². The van der Waals surface area contributed by atoms with Crippen molar-refractivity contribution in [2.75, 3.05) is 32.9 Å². The van der Waals surface area contributed by atoms with Crippen molar-refractivity contribution in [1.29, 1.82) is 0 Å². The molecule has 2 heterocycles. The van der Waals surface area contributed by atoms with Crippen LogP contribution in [-0.2, 0) is 4.74 Å². The van der Waals surface area contributed by atoms with Crippen molar-refractivity contribution in [2.45, 2.75) is 6.04 Å². The molecule has 0 bridgehead atoms. The SMILES string of the molecule is O=[N+]([O-])c1ccc2c(c1)[C@H]([NH+]1CCOCC1)/C(=C\COc1ccc(F)cc1)O2. The number of benzene rings is 2. The lowest BCUT2D eigenvalue weighted by Gasteiger charge is -2.29. The second-order valence-corrected chi connectivity index (χ2v) is 6.66. The number of fused-ring (bicyclic) bond motifs is 1. The summed E-state index contributed by atoms with van der Waals surface area (Å²) in [5, 5.41) is 11.2. The Balaban J connectivity index is 1.57. The normalized spacial score (nSPS) is 20.6. The molecular weight excluding hydrogens is 367 g/mol. The van der Waals surface area contributed by atoms with Crippen molar-refractivity contribution >= 4 is 5.69 Å². The lowest BCUT2D eigenvalue weighted by Crippen LogP contribution is -3.14. The fourth-order valence-corrected chi connectivity index (χ4v) is 3.56. The number of hydrogen-bond acceptors (Lipinski definition) is 5. The average molecular weight is 387 g/mol. The molecule has 7 nitrogen and oxygen atoms in total. The van der Waals surface area contributed by atoms with Crippen LogP contribution < -0.4 is 14.4 Å². The van der Waals surface area contributed by atoms with Crippen molar-refractivity contribution in [1.82, 2.24) is 0 Å². The quantitative estimate of drug-likeness (QED) is 0.628. The van der Waals surface area contributed by atoms with Gasteiger partial charge in [-0.25, -0.2) is 4.39 Å². The first-order chi connectivity index (χ1) is 13.6. The zero-order chi connectivity index (χ0) is 19.5. The first-order valence-corrected chi connectivity index (χ1v) is 9.09. The van der Waals surface area contributed by atoms with Gasteiger partial charge in [-0.05, 0) is 36.4 Å². The second-order valence-electron chi connectivity index (χ2n) is 6.66. The van der Waals surface area contributed by atoms with Crippen LogP contribution in [0.5, 0.6) is 11.5 Å². The number of nitro benzene ring substituents is 1. The summed E-state index contributed by atoms with van der Waals surface area (Å²) in [7, 11) is 0. The third-order valence-electron chi connectivity index (χ3n) is 4.92. The minimum Gasteiger partial charge on any atom is -0.489 e. The number of rotatable bonds is 5. The van der Waals surface area contributed by atoms with Gasteiger partial charge >= 0.3 is 0 Å². The summed E-state index contributed by atoms with van der Waals surface area (Å²) < 4.78 is 30.1. The summed E-state index contributed by atoms with van der Waals surface area (Å²) >= 11 is 0. The molecule has 4 rings (SSSR count). The molecule has 1 fully saturated rings. The van der Waals surface area contributed by atoms with E-state index >= 15 is 0 Å². The Bertz CT molecular complexity index is 894. The van der Waals surface area contributed by atoms with Gasteiger partial charge in [0.1, 0.15) is 37.0 Å². The minimum absolute atomic E-state index is 0.0452. The molecule has 0 radical (unpaired) electrons. The van der Waals surface area contributed by atoms with Crippen LogP contribution in [0.25, 0.3) is 0 Å². The van der Waals surface area contributed by atoms with E-state index in [0.29, 0.717) is 30.5 Å². The predicted molar refractivity (Wildman–Crippen MR) is 98.0 cm³/mol. The molecule has 0 aromatic heterocycles. The Labute approximate surface area is 161 Å². The zero-order valence-corrected chi connectivity index (χ0v) is 15.1. The number of non-ortho nitro benzene ring substituents is 1. The number of nitrogens with zero attached hydrogens (tertiary/aromatic N) is 1. The third-order valence-corrected chi connectivity index (χ3v) is 4.92. The molecule has 8 heteroatoms. The fourth-order valence-electron chi connectivity index (χ4n) is 3.56. The van der Waals surface area contributed by atoms with Gasteiger partial charge in [-0.3, -0.25) is 10.1 Å². The van der Waals surface area contributed by atoms with Crippen molar-refractivity contribution in [3.63, 3.8) is 0 Å². The molecule has 0 unspecified atom stereocenters. The highest BCUT2D eigenvalue weighted by atomic mass is 19.1. The Kier molecular flexibility index (Phi) is 5.23. The molecule has 1 N–H and O–H groups in total. The Hall–Kier alpha value is -2.97. The summed E-state index contributed by atoms with van der Waals surface area (Å²) in [6, 6.07) is 10.3. The molecule has 146 valence electrons. The van der Waals surface area contributed by atoms with Crippen LogP contribution in [0.15, 0.2) is 54.3 Å². The predicted octanol–water partition coefficient (Wildman–Crippen LogP) is 2.05. The zero-order valence-electron chi connectivity index (χ0n) is 15.1. The van der Waals surface area contributed by atoms with E-state index in [1.54, 1.807) is 24.3 Å². The van der Waals surface area contributed by atoms with Gasteiger partial charge in [-0.1, -0.05) is 0 Å². The number of ether oxygens (including phenoxy) is 3. The van der Waals surface area contributed by atoms with Crippen molar-refractivity contribution in [2.24, 2.45) is 0 Å². The van der Waals surface area contributed by atoms with Gasteiger partial charge in [0.2, 0.25) is 0 Å². The van der Waals surface area contributed by atoms with Crippen LogP contribution in [0.4, 0.5) is 10.1 Å². The topological polar surface area (TPSA) is 75.3 Å². The number of hydrogen-bond donors (Lipinski definition) is 1. The molecule has 2 aromatic rings. The van der Waals surface area contributed by atoms with Gasteiger partial charge in [0.15, 0.2) is 11.8 Å². The van der Waals surface area contributed by atoms with Gasteiger partial charge in [-0.15, -0.1) is 0 Å². The van der Waals surface area contributed by atoms with Gasteiger partial charge in [-0.2, -0.15) is 0 Å². The largest absolute Gasteiger partial charge is 0.489 e. The monoisotopic (exact) mass is 387 g/mol. The fraction of sp³-hybridized carbons (Fsp3) is 0.300. The highest BCUT2D eigenvalue weighted by molar-refractivity contribution is 5.50. The highest BCUT2D eigenvalue weighted by Crippen LogP contribution is 2.39. The van der Waals surface area contributed by atoms with Gasteiger partial charge in [0, 0.05) is 12.1 Å². The van der Waals surface area contributed by atoms with Crippen LogP contribution in [0.1, 0.15) is 11.6 Å². The summed E-state index contributed by atoms with van der Waals surface area (Å²) in [5.41, 5.74) is 0.850. The van der Waals surface area contributed by atoms with E-state index in [9.17, 15) is 14.5 Å². The maximum absolute atomic E-state index is 13.0. The maximum atomic E-state index is 13.0. The van der Waals surface area contributed by atoms with E-state index in [1.165, 1.54) is 23.1 Å². The minimum atomic E-state index is -0.397. The number of morpholine rings is 1. The summed E-state index contributed by atoms with van der Waals surface area (Å²) in [6.45, 7) is 3.08. The van der Waals surface area contributed by atoms with Crippen molar-refractivity contribution in [3.05, 3.63) is 75.8 Å². The molecular formula is C20H20FN2O5+. The van der Waals surface area contributed by atoms with E-state index in [0.717, 1.165) is 18.7 Å². The maximum Gasteiger partial charge on any atom is 0.270 e. The molecule has 0 saturated carbocycles. The number of nitrogens with one attached hydrogen (secondary N) is 1. The first-order valence-electron chi connectivity index (χ1n) is 9.09. The van der Waals surface area contributed by atoms with Crippen molar-refractivity contribution in [3.8, 4) is 11.5 Å². The molecule has 2 aliphatic rings. The standard InChI is InChI=1S/C20H19FN2O5/c21-14-1-4-16(5-2-14)27-10-7-19-20(22-8-11-26-12-9-22)17-13-15(23(24)25)3-6-18(17)28-19/h1-7,13,20H,8-12H2/p+1/b19-7+/t20-/m0/s1. The van der Waals surface area contributed by atoms with Crippen LogP contribution in [0.3, 0.4) is 0 Å². The third kappa shape index (κ3) is 3.83. The van der Waals surface area contributed by atoms with E-state index in [4.69, 9.17) is 14.2 Å². The summed E-state index contributed by atoms with van der Waals surface area (Å²) in [5.74, 6) is 1.56. The molecule has 2 aliphatic heterocycles. The van der Waals surface area contributed by atoms with E-state index in [2.05, 4.69) is 0 Å². The van der Waals surface area contributed by atoms with E-state index in [-0.39, 0.29) is 24.2 Å². The lowest BCUT2D eigenvalue weighted by atomic mass is 10.0. The Morgan fingerprint density at radius 3 is 2.68 bits per heavy atom. The highest BCUT2D eigenvalue weighted by Gasteiger charge is 2.39. The summed E-state index contributed by atoms with van der Waals surface area (Å²) in [4.78, 5) is 12.0. The van der Waals surface area contributed by atoms with Crippen LogP contribution in [0, 0.1) is 15.9 Å². The van der Waals surface area contributed by atoms with Crippen LogP contribution in [-0.4, -0.2) is 37.8 Å². The molecule has 2 aromatic carbocycles. The van der Waals surface area contributed by atoms with Crippen LogP contribution in [0.2, 0.25) is 0 Å². The summed E-state index contributed by atoms with van der Waals surface area (Å²) in [6.07, 6.45) is 1.84. The molecule has 0 aliphatic carbocycles. The van der Waals surface area contributed by atoms with Gasteiger partial charge in [0.05, 0.1) is 23.7 Å². The number of halogens is 1. The van der Waals surface area contributed by atoms with Gasteiger partial charge in [0.25, 0.3) is 5.69 Å². The Morgan fingerprint density at radius 1 is 1.21 bits per heavy atom. The second kappa shape index (κ2) is 7.95. The molecule has 1 atom stereocenters. The van der Waals surface area contributed by atoms with Crippen LogP contribution >= 0.6 is 0 Å². The molecule has 0 spiro atoms. The van der Waals surface area contributed by atoms with E-state index < -0.39 is 4.92 Å². The Morgan fingerprint density at radius 2 is 1.96 bits per heavy atom. The number of quaternary nitrogens is 1. The molecule has 28 heavy (non-hydrogen) atoms. The first kappa shape index (κ1) is 18.4. The molecule has 1 saturated heterocycles. The lowest BCUT2D eigenvalue weighted by molar-refractivity contribution is -0.933. The van der Waals surface area contributed by atoms with Gasteiger partial charge < -0.3 is 19.1 Å². The van der Waals surface area contributed by atoms with E-state index in [1.807, 2.05) is 6.08 Å². The smallest absolute Gasteiger partial charge is 0.270 e.